The van der Waals surface area contributed by atoms with Gasteiger partial charge in [-0.1, -0.05) is 229 Å². The molecule has 65 heavy (non-hydrogen) atoms. The van der Waals surface area contributed by atoms with Crippen molar-refractivity contribution in [2.24, 2.45) is 0 Å². The van der Waals surface area contributed by atoms with Crippen LogP contribution in [0.2, 0.25) is 0 Å². The fourth-order valence-corrected chi connectivity index (χ4v) is 7.58. The molecular formula is C59H102O6. The SMILES string of the molecule is CC/C=C\C/C=C\C/C=C\C/C=C\CCCCCCC(=O)O[C@H](COC(=O)CCCCCCCCCCC/C=C\C/C=C\CCCCC)COC(=O)CCCCCCCCCCCCC. The van der Waals surface area contributed by atoms with E-state index >= 15 is 0 Å². The molecule has 0 heterocycles. The first kappa shape index (κ1) is 61.9. The highest BCUT2D eigenvalue weighted by Gasteiger charge is 2.19. The number of hydrogen-bond acceptors (Lipinski definition) is 6. The Kier molecular flexibility index (Phi) is 50.9. The van der Waals surface area contributed by atoms with Crippen molar-refractivity contribution in [1.82, 2.24) is 0 Å². The molecule has 0 amide bonds. The van der Waals surface area contributed by atoms with Crippen LogP contribution in [0, 0.1) is 0 Å². The van der Waals surface area contributed by atoms with E-state index in [2.05, 4.69) is 93.7 Å². The predicted molar refractivity (Wildman–Crippen MR) is 279 cm³/mol. The number of allylic oxidation sites excluding steroid dienone is 12. The molecular weight excluding hydrogens is 805 g/mol. The molecule has 0 saturated heterocycles. The Balaban J connectivity index is 4.38. The van der Waals surface area contributed by atoms with E-state index in [9.17, 15) is 14.4 Å². The summed E-state index contributed by atoms with van der Waals surface area (Å²) in [5, 5.41) is 0. The summed E-state index contributed by atoms with van der Waals surface area (Å²) in [6.45, 7) is 6.48. The summed E-state index contributed by atoms with van der Waals surface area (Å²) in [6, 6.07) is 0. The number of carbonyl (C=O) groups is 3. The van der Waals surface area contributed by atoms with Gasteiger partial charge in [0.25, 0.3) is 0 Å². The molecule has 0 aliphatic heterocycles. The molecule has 0 spiro atoms. The Morgan fingerprint density at radius 2 is 0.600 bits per heavy atom. The Bertz CT molecular complexity index is 1230. The molecule has 0 N–H and O–H groups in total. The Morgan fingerprint density at radius 3 is 0.969 bits per heavy atom. The van der Waals surface area contributed by atoms with Crippen LogP contribution in [0.4, 0.5) is 0 Å². The molecule has 0 aliphatic rings. The van der Waals surface area contributed by atoms with E-state index in [-0.39, 0.29) is 31.1 Å². The van der Waals surface area contributed by atoms with Crippen molar-refractivity contribution < 1.29 is 28.6 Å². The summed E-state index contributed by atoms with van der Waals surface area (Å²) in [7, 11) is 0. The van der Waals surface area contributed by atoms with Gasteiger partial charge in [0.15, 0.2) is 6.10 Å². The quantitative estimate of drug-likeness (QED) is 0.0262. The highest BCUT2D eigenvalue weighted by Crippen LogP contribution is 2.15. The summed E-state index contributed by atoms with van der Waals surface area (Å²) in [6.07, 6.45) is 67.4. The number of unbranched alkanes of at least 4 members (excludes halogenated alkanes) is 26. The second kappa shape index (κ2) is 53.5. The van der Waals surface area contributed by atoms with Crippen LogP contribution >= 0.6 is 0 Å². The standard InChI is InChI=1S/C59H102O6/c1-4-7-10-13-16-19-22-24-26-28-29-31-32-34-37-40-43-46-49-52-58(61)64-55-56(54-63-57(60)51-48-45-42-39-36-21-18-15-12-9-6-3)65-59(62)53-50-47-44-41-38-35-33-30-27-25-23-20-17-14-11-8-5-2/h8,11,16-17,19-20,24-27,33,35,56H,4-7,9-10,12-15,18,21-23,28-32,34,36-55H2,1-3H3/b11-8-,19-16-,20-17-,26-24-,27-25-,35-33-/t56-/m0/s1. The van der Waals surface area contributed by atoms with Gasteiger partial charge in [0.2, 0.25) is 0 Å². The minimum Gasteiger partial charge on any atom is -0.462 e. The molecule has 0 radical (unpaired) electrons. The van der Waals surface area contributed by atoms with Crippen LogP contribution in [0.1, 0.15) is 265 Å². The molecule has 1 atom stereocenters. The lowest BCUT2D eigenvalue weighted by atomic mass is 10.1. The molecule has 6 heteroatoms. The number of hydrogen-bond donors (Lipinski definition) is 0. The van der Waals surface area contributed by atoms with Gasteiger partial charge in [0.1, 0.15) is 13.2 Å². The van der Waals surface area contributed by atoms with Crippen molar-refractivity contribution in [2.45, 2.75) is 271 Å². The van der Waals surface area contributed by atoms with Crippen LogP contribution in [-0.4, -0.2) is 37.2 Å². The second-order valence-corrected chi connectivity index (χ2v) is 18.1. The zero-order valence-corrected chi connectivity index (χ0v) is 42.7. The van der Waals surface area contributed by atoms with E-state index in [1.54, 1.807) is 0 Å². The van der Waals surface area contributed by atoms with Gasteiger partial charge < -0.3 is 14.2 Å². The number of ether oxygens (including phenoxy) is 3. The summed E-state index contributed by atoms with van der Waals surface area (Å²) in [5.41, 5.74) is 0. The maximum Gasteiger partial charge on any atom is 0.306 e. The van der Waals surface area contributed by atoms with Crippen molar-refractivity contribution in [3.05, 3.63) is 72.9 Å². The predicted octanol–water partition coefficient (Wildman–Crippen LogP) is 18.2. The Hall–Kier alpha value is -3.15. The van der Waals surface area contributed by atoms with Crippen LogP contribution in [0.25, 0.3) is 0 Å². The summed E-state index contributed by atoms with van der Waals surface area (Å²) in [4.78, 5) is 38.0. The average Bonchev–Trinajstić information content (AvgIpc) is 3.30. The fraction of sp³-hybridized carbons (Fsp3) is 0.746. The van der Waals surface area contributed by atoms with E-state index in [1.165, 1.54) is 122 Å². The van der Waals surface area contributed by atoms with Crippen LogP contribution < -0.4 is 0 Å². The van der Waals surface area contributed by atoms with E-state index in [4.69, 9.17) is 14.2 Å². The largest absolute Gasteiger partial charge is 0.462 e. The summed E-state index contributed by atoms with van der Waals surface area (Å²) in [5.74, 6) is -0.908. The van der Waals surface area contributed by atoms with E-state index in [0.29, 0.717) is 19.3 Å². The molecule has 6 nitrogen and oxygen atoms in total. The summed E-state index contributed by atoms with van der Waals surface area (Å²) >= 11 is 0. The first-order valence-corrected chi connectivity index (χ1v) is 27.4. The first-order valence-electron chi connectivity index (χ1n) is 27.4. The van der Waals surface area contributed by atoms with Crippen molar-refractivity contribution in [3.63, 3.8) is 0 Å². The van der Waals surface area contributed by atoms with Gasteiger partial charge in [-0.2, -0.15) is 0 Å². The zero-order valence-electron chi connectivity index (χ0n) is 42.7. The number of rotatable bonds is 49. The van der Waals surface area contributed by atoms with Gasteiger partial charge in [-0.3, -0.25) is 14.4 Å². The average molecular weight is 907 g/mol. The molecule has 0 aromatic heterocycles. The lowest BCUT2D eigenvalue weighted by molar-refractivity contribution is -0.167. The van der Waals surface area contributed by atoms with Gasteiger partial charge in [-0.15, -0.1) is 0 Å². The van der Waals surface area contributed by atoms with E-state index in [0.717, 1.165) is 103 Å². The van der Waals surface area contributed by atoms with Crippen LogP contribution in [-0.2, 0) is 28.6 Å². The van der Waals surface area contributed by atoms with E-state index in [1.807, 2.05) is 0 Å². The summed E-state index contributed by atoms with van der Waals surface area (Å²) < 4.78 is 16.8. The van der Waals surface area contributed by atoms with Crippen LogP contribution in [0.3, 0.4) is 0 Å². The molecule has 0 rings (SSSR count). The van der Waals surface area contributed by atoms with Crippen molar-refractivity contribution in [1.29, 1.82) is 0 Å². The highest BCUT2D eigenvalue weighted by atomic mass is 16.6. The van der Waals surface area contributed by atoms with Crippen molar-refractivity contribution in [3.8, 4) is 0 Å². The van der Waals surface area contributed by atoms with Gasteiger partial charge >= 0.3 is 17.9 Å². The zero-order chi connectivity index (χ0) is 47.2. The lowest BCUT2D eigenvalue weighted by Gasteiger charge is -2.18. The molecule has 374 valence electrons. The molecule has 0 fully saturated rings. The minimum atomic E-state index is -0.788. The third kappa shape index (κ3) is 51.7. The third-order valence-electron chi connectivity index (χ3n) is 11.7. The van der Waals surface area contributed by atoms with Gasteiger partial charge in [0, 0.05) is 19.3 Å². The normalized spacial score (nSPS) is 12.6. The van der Waals surface area contributed by atoms with Crippen LogP contribution in [0.15, 0.2) is 72.9 Å². The number of carbonyl (C=O) groups excluding carboxylic acids is 3. The molecule has 0 aromatic rings. The van der Waals surface area contributed by atoms with Crippen molar-refractivity contribution in [2.75, 3.05) is 13.2 Å². The highest BCUT2D eigenvalue weighted by molar-refractivity contribution is 5.71. The minimum absolute atomic E-state index is 0.0850. The third-order valence-corrected chi connectivity index (χ3v) is 11.7. The van der Waals surface area contributed by atoms with E-state index < -0.39 is 6.10 Å². The second-order valence-electron chi connectivity index (χ2n) is 18.1. The van der Waals surface area contributed by atoms with Gasteiger partial charge in [0.05, 0.1) is 0 Å². The monoisotopic (exact) mass is 907 g/mol. The molecule has 0 aliphatic carbocycles. The Labute approximate surface area is 402 Å². The van der Waals surface area contributed by atoms with Crippen LogP contribution in [0.5, 0.6) is 0 Å². The smallest absolute Gasteiger partial charge is 0.306 e. The van der Waals surface area contributed by atoms with Gasteiger partial charge in [-0.25, -0.2) is 0 Å². The molecule has 0 aromatic carbocycles. The maximum atomic E-state index is 12.8. The lowest BCUT2D eigenvalue weighted by Crippen LogP contribution is -2.30. The van der Waals surface area contributed by atoms with Crippen molar-refractivity contribution >= 4 is 17.9 Å². The van der Waals surface area contributed by atoms with Gasteiger partial charge in [-0.05, 0) is 89.9 Å². The topological polar surface area (TPSA) is 78.9 Å². The Morgan fingerprint density at radius 1 is 0.323 bits per heavy atom. The molecule has 0 bridgehead atoms. The first-order chi connectivity index (χ1) is 32.0. The fourth-order valence-electron chi connectivity index (χ4n) is 7.58. The molecule has 0 unspecified atom stereocenters. The molecule has 0 saturated carbocycles. The number of esters is 3. The maximum absolute atomic E-state index is 12.8.